The largest absolute Gasteiger partial charge is 0.494 e. The number of aromatic amines is 1. The first-order chi connectivity index (χ1) is 20.2. The average Bonchev–Trinajstić information content (AvgIpc) is 3.57. The van der Waals surface area contributed by atoms with Crippen LogP contribution in [0.4, 0.5) is 10.3 Å². The van der Waals surface area contributed by atoms with Crippen molar-refractivity contribution in [1.29, 1.82) is 0 Å². The molecular formula is C27H27FN5O8P. The van der Waals surface area contributed by atoms with E-state index in [2.05, 4.69) is 21.5 Å². The lowest BCUT2D eigenvalue weighted by molar-refractivity contribution is 0.115. The minimum absolute atomic E-state index is 0.0146. The molecule has 3 heterocycles. The molecule has 15 heteroatoms. The first-order valence-electron chi connectivity index (χ1n) is 12.6. The number of H-pyrrole nitrogens is 1. The number of hydrogen-bond donors (Lipinski definition) is 2. The Morgan fingerprint density at radius 3 is 2.69 bits per heavy atom. The Hall–Kier alpha value is -4.49. The van der Waals surface area contributed by atoms with E-state index in [1.165, 1.54) is 25.6 Å². The van der Waals surface area contributed by atoms with Gasteiger partial charge in [-0.05, 0) is 30.3 Å². The SMILES string of the molecule is C=C1OC(COP(=O)(COCCn2cnc3c(=O)[nH]c(N)nc32)OCc2ccccc2)=C(c2ccc(OC)c(F)c2)O1. The van der Waals surface area contributed by atoms with E-state index in [1.807, 2.05) is 30.3 Å². The maximum atomic E-state index is 14.4. The van der Waals surface area contributed by atoms with E-state index in [1.54, 1.807) is 10.6 Å². The van der Waals surface area contributed by atoms with Gasteiger partial charge in [0.15, 0.2) is 34.2 Å². The van der Waals surface area contributed by atoms with Crippen molar-refractivity contribution >= 4 is 30.5 Å². The van der Waals surface area contributed by atoms with Crippen LogP contribution in [0.15, 0.2) is 77.9 Å². The number of imidazole rings is 1. The van der Waals surface area contributed by atoms with Crippen LogP contribution in [0.3, 0.4) is 0 Å². The number of halogens is 1. The average molecular weight is 600 g/mol. The minimum atomic E-state index is -3.90. The van der Waals surface area contributed by atoms with Gasteiger partial charge in [-0.1, -0.05) is 30.3 Å². The van der Waals surface area contributed by atoms with Gasteiger partial charge in [0.25, 0.3) is 11.5 Å². The first kappa shape index (κ1) is 29.0. The van der Waals surface area contributed by atoms with Crippen molar-refractivity contribution in [1.82, 2.24) is 19.5 Å². The van der Waals surface area contributed by atoms with Gasteiger partial charge in [0.05, 0.1) is 26.7 Å². The lowest BCUT2D eigenvalue weighted by Gasteiger charge is -2.19. The van der Waals surface area contributed by atoms with Crippen molar-refractivity contribution in [2.75, 3.05) is 32.4 Å². The third kappa shape index (κ3) is 6.69. The van der Waals surface area contributed by atoms with Crippen LogP contribution in [0.5, 0.6) is 5.75 Å². The molecule has 2 aromatic carbocycles. The lowest BCUT2D eigenvalue weighted by atomic mass is 10.1. The molecule has 1 aliphatic rings. The van der Waals surface area contributed by atoms with Gasteiger partial charge in [-0.3, -0.25) is 18.9 Å². The molecule has 0 amide bonds. The van der Waals surface area contributed by atoms with Gasteiger partial charge in [-0.2, -0.15) is 4.98 Å². The van der Waals surface area contributed by atoms with Crippen molar-refractivity contribution in [3.63, 3.8) is 0 Å². The standard InChI is InChI=1S/C27H27FN5O8P/c1-17-40-22(24(41-17)19-8-9-21(36-2)20(28)12-19)14-39-42(35,38-13-18-6-4-3-5-7-18)16-37-11-10-33-15-30-23-25(33)31-27(29)32-26(23)34/h3-9,12,15H,1,10-11,13-14,16H2,2H3,(H3,29,31,32,34). The van der Waals surface area contributed by atoms with E-state index >= 15 is 0 Å². The van der Waals surface area contributed by atoms with Crippen LogP contribution in [0, 0.1) is 5.82 Å². The molecule has 13 nitrogen and oxygen atoms in total. The molecule has 1 aliphatic heterocycles. The summed E-state index contributed by atoms with van der Waals surface area (Å²) in [5, 5.41) is 0. The highest BCUT2D eigenvalue weighted by molar-refractivity contribution is 7.53. The number of anilines is 1. The highest BCUT2D eigenvalue weighted by atomic mass is 31.2. The summed E-state index contributed by atoms with van der Waals surface area (Å²) >= 11 is 0. The number of nitrogens with two attached hydrogens (primary N) is 1. The predicted octanol–water partition coefficient (Wildman–Crippen LogP) is 4.14. The molecule has 0 fully saturated rings. The molecule has 3 N–H and O–H groups in total. The maximum absolute atomic E-state index is 14.4. The number of benzene rings is 2. The van der Waals surface area contributed by atoms with E-state index in [-0.39, 0.29) is 66.7 Å². The van der Waals surface area contributed by atoms with Crippen molar-refractivity contribution in [3.05, 3.63) is 100 Å². The van der Waals surface area contributed by atoms with Gasteiger partial charge in [0.1, 0.15) is 13.0 Å². The van der Waals surface area contributed by atoms with Crippen LogP contribution in [-0.2, 0) is 41.0 Å². The number of nitrogen functional groups attached to an aromatic ring is 1. The smallest absolute Gasteiger partial charge is 0.356 e. The normalized spacial score (nSPS) is 14.6. The lowest BCUT2D eigenvalue weighted by Crippen LogP contribution is -2.13. The van der Waals surface area contributed by atoms with Crippen LogP contribution >= 0.6 is 7.60 Å². The predicted molar refractivity (Wildman–Crippen MR) is 149 cm³/mol. The van der Waals surface area contributed by atoms with Crippen molar-refractivity contribution in [2.45, 2.75) is 13.2 Å². The van der Waals surface area contributed by atoms with Gasteiger partial charge in [-0.15, -0.1) is 0 Å². The molecule has 4 aromatic rings. The van der Waals surface area contributed by atoms with E-state index in [4.69, 9.17) is 33.7 Å². The molecule has 0 bridgehead atoms. The molecule has 220 valence electrons. The Kier molecular flexibility index (Phi) is 8.69. The molecule has 0 radical (unpaired) electrons. The number of nitrogens with zero attached hydrogens (tertiary/aromatic N) is 3. The molecule has 0 spiro atoms. The number of hydrogen-bond acceptors (Lipinski definition) is 11. The first-order valence-corrected chi connectivity index (χ1v) is 14.3. The molecule has 42 heavy (non-hydrogen) atoms. The molecule has 0 aliphatic carbocycles. The summed E-state index contributed by atoms with van der Waals surface area (Å²) in [6, 6.07) is 13.3. The second-order valence-corrected chi connectivity index (χ2v) is 10.9. The molecule has 1 unspecified atom stereocenters. The Labute approximate surface area is 238 Å². The number of fused-ring (bicyclic) bond motifs is 1. The second-order valence-electron chi connectivity index (χ2n) is 8.92. The fourth-order valence-corrected chi connectivity index (χ4v) is 5.22. The van der Waals surface area contributed by atoms with Crippen molar-refractivity contribution in [2.24, 2.45) is 0 Å². The summed E-state index contributed by atoms with van der Waals surface area (Å²) in [5.74, 6) is -0.397. The van der Waals surface area contributed by atoms with Crippen LogP contribution in [0.1, 0.15) is 11.1 Å². The summed E-state index contributed by atoms with van der Waals surface area (Å²) in [6.07, 6.45) is 1.02. The van der Waals surface area contributed by atoms with E-state index in [9.17, 15) is 13.8 Å². The third-order valence-corrected chi connectivity index (χ3v) is 7.55. The molecular weight excluding hydrogens is 572 g/mol. The molecule has 0 saturated heterocycles. The zero-order chi connectivity index (χ0) is 29.7. The Morgan fingerprint density at radius 1 is 1.14 bits per heavy atom. The second kappa shape index (κ2) is 12.6. The summed E-state index contributed by atoms with van der Waals surface area (Å²) in [4.78, 5) is 22.6. The molecule has 1 atom stereocenters. The van der Waals surface area contributed by atoms with Gasteiger partial charge < -0.3 is 33.8 Å². The van der Waals surface area contributed by atoms with Crippen LogP contribution in [-0.4, -0.2) is 46.2 Å². The Morgan fingerprint density at radius 2 is 1.93 bits per heavy atom. The molecule has 5 rings (SSSR count). The zero-order valence-electron chi connectivity index (χ0n) is 22.4. The summed E-state index contributed by atoms with van der Waals surface area (Å²) in [6.45, 7) is 3.56. The van der Waals surface area contributed by atoms with Crippen molar-refractivity contribution < 1.29 is 37.0 Å². The highest BCUT2D eigenvalue weighted by Crippen LogP contribution is 2.50. The number of methoxy groups -OCH3 is 1. The van der Waals surface area contributed by atoms with Crippen LogP contribution in [0.2, 0.25) is 0 Å². The van der Waals surface area contributed by atoms with E-state index in [0.29, 0.717) is 5.56 Å². The van der Waals surface area contributed by atoms with Gasteiger partial charge >= 0.3 is 7.60 Å². The summed E-state index contributed by atoms with van der Waals surface area (Å²) in [7, 11) is -2.54. The molecule has 2 aromatic heterocycles. The Balaban J connectivity index is 1.29. The van der Waals surface area contributed by atoms with Gasteiger partial charge in [0.2, 0.25) is 5.95 Å². The summed E-state index contributed by atoms with van der Waals surface area (Å²) in [5.41, 5.74) is 6.70. The highest BCUT2D eigenvalue weighted by Gasteiger charge is 2.31. The van der Waals surface area contributed by atoms with Gasteiger partial charge in [0, 0.05) is 12.1 Å². The number of aromatic nitrogens is 4. The zero-order valence-corrected chi connectivity index (χ0v) is 23.3. The molecule has 0 saturated carbocycles. The van der Waals surface area contributed by atoms with Crippen molar-refractivity contribution in [3.8, 4) is 5.75 Å². The number of ether oxygens (including phenoxy) is 4. The number of rotatable bonds is 13. The van der Waals surface area contributed by atoms with Crippen LogP contribution < -0.4 is 16.0 Å². The quantitative estimate of drug-likeness (QED) is 0.168. The maximum Gasteiger partial charge on any atom is 0.356 e. The fraction of sp³-hybridized carbons (Fsp3) is 0.222. The van der Waals surface area contributed by atoms with Gasteiger partial charge in [-0.25, -0.2) is 9.37 Å². The fourth-order valence-electron chi connectivity index (χ4n) is 3.99. The summed E-state index contributed by atoms with van der Waals surface area (Å²) < 4.78 is 62.9. The third-order valence-electron chi connectivity index (χ3n) is 6.00. The topological polar surface area (TPSA) is 162 Å². The van der Waals surface area contributed by atoms with E-state index in [0.717, 1.165) is 5.56 Å². The van der Waals surface area contributed by atoms with E-state index < -0.39 is 25.3 Å². The number of nitrogens with one attached hydrogen (secondary N) is 1. The monoisotopic (exact) mass is 599 g/mol. The minimum Gasteiger partial charge on any atom is -0.494 e. The Bertz CT molecular complexity index is 1740. The van der Waals surface area contributed by atoms with Crippen LogP contribution in [0.25, 0.3) is 16.9 Å².